The van der Waals surface area contributed by atoms with E-state index in [0.29, 0.717) is 13.0 Å². The first kappa shape index (κ1) is 15.4. The molecular weight excluding hydrogens is 249 g/mol. The molecule has 4 nitrogen and oxygen atoms in total. The second-order valence-electron chi connectivity index (χ2n) is 5.31. The van der Waals surface area contributed by atoms with Crippen LogP contribution >= 0.6 is 0 Å². The second kappa shape index (κ2) is 6.52. The SMILES string of the molecule is CC(C)(CCCO)CNc1c(F)cccc1C(=O)O. The number of anilines is 1. The van der Waals surface area contributed by atoms with Crippen molar-refractivity contribution >= 4 is 11.7 Å². The molecule has 19 heavy (non-hydrogen) atoms. The van der Waals surface area contributed by atoms with Crippen LogP contribution in [-0.4, -0.2) is 29.3 Å². The highest BCUT2D eigenvalue weighted by atomic mass is 19.1. The zero-order valence-corrected chi connectivity index (χ0v) is 11.2. The maximum atomic E-state index is 13.7. The Morgan fingerprint density at radius 1 is 1.42 bits per heavy atom. The van der Waals surface area contributed by atoms with Gasteiger partial charge in [0.25, 0.3) is 0 Å². The van der Waals surface area contributed by atoms with Gasteiger partial charge in [-0.25, -0.2) is 9.18 Å². The molecule has 0 aliphatic carbocycles. The van der Waals surface area contributed by atoms with Crippen LogP contribution in [0.5, 0.6) is 0 Å². The lowest BCUT2D eigenvalue weighted by molar-refractivity contribution is 0.0697. The molecule has 0 aliphatic heterocycles. The van der Waals surface area contributed by atoms with E-state index in [-0.39, 0.29) is 23.3 Å². The molecule has 0 heterocycles. The largest absolute Gasteiger partial charge is 0.478 e. The summed E-state index contributed by atoms with van der Waals surface area (Å²) < 4.78 is 13.7. The number of para-hydroxylation sites is 1. The van der Waals surface area contributed by atoms with Crippen molar-refractivity contribution in [3.63, 3.8) is 0 Å². The molecule has 0 atom stereocenters. The van der Waals surface area contributed by atoms with Crippen molar-refractivity contribution in [2.75, 3.05) is 18.5 Å². The van der Waals surface area contributed by atoms with Gasteiger partial charge in [0, 0.05) is 13.2 Å². The third-order valence-electron chi connectivity index (χ3n) is 3.00. The predicted molar refractivity (Wildman–Crippen MR) is 71.9 cm³/mol. The van der Waals surface area contributed by atoms with Crippen molar-refractivity contribution in [1.29, 1.82) is 0 Å². The van der Waals surface area contributed by atoms with Gasteiger partial charge in [-0.05, 0) is 30.4 Å². The third-order valence-corrected chi connectivity index (χ3v) is 3.00. The van der Waals surface area contributed by atoms with E-state index in [0.717, 1.165) is 6.42 Å². The van der Waals surface area contributed by atoms with Crippen LogP contribution in [0.15, 0.2) is 18.2 Å². The van der Waals surface area contributed by atoms with Gasteiger partial charge in [0.05, 0.1) is 11.3 Å². The Labute approximate surface area is 112 Å². The summed E-state index contributed by atoms with van der Waals surface area (Å²) in [4.78, 5) is 11.0. The number of carboxylic acid groups (broad SMARTS) is 1. The lowest BCUT2D eigenvalue weighted by Crippen LogP contribution is -2.24. The van der Waals surface area contributed by atoms with Crippen molar-refractivity contribution in [2.24, 2.45) is 5.41 Å². The summed E-state index contributed by atoms with van der Waals surface area (Å²) in [5.41, 5.74) is -0.203. The normalized spacial score (nSPS) is 11.4. The van der Waals surface area contributed by atoms with E-state index in [1.807, 2.05) is 13.8 Å². The molecule has 0 fully saturated rings. The Bertz CT molecular complexity index is 446. The number of hydrogen-bond acceptors (Lipinski definition) is 3. The highest BCUT2D eigenvalue weighted by molar-refractivity contribution is 5.94. The molecule has 0 saturated heterocycles. The monoisotopic (exact) mass is 269 g/mol. The summed E-state index contributed by atoms with van der Waals surface area (Å²) in [6.45, 7) is 4.52. The van der Waals surface area contributed by atoms with Crippen LogP contribution in [0.25, 0.3) is 0 Å². The minimum atomic E-state index is -1.16. The molecule has 3 N–H and O–H groups in total. The van der Waals surface area contributed by atoms with E-state index < -0.39 is 11.8 Å². The molecule has 0 amide bonds. The Balaban J connectivity index is 2.80. The Morgan fingerprint density at radius 3 is 2.68 bits per heavy atom. The summed E-state index contributed by atoms with van der Waals surface area (Å²) in [6.07, 6.45) is 1.44. The fourth-order valence-electron chi connectivity index (χ4n) is 1.86. The first-order chi connectivity index (χ1) is 8.87. The molecule has 106 valence electrons. The lowest BCUT2D eigenvalue weighted by Gasteiger charge is -2.25. The first-order valence-corrected chi connectivity index (χ1v) is 6.24. The minimum Gasteiger partial charge on any atom is -0.478 e. The van der Waals surface area contributed by atoms with Crippen LogP contribution in [0.3, 0.4) is 0 Å². The van der Waals surface area contributed by atoms with Crippen LogP contribution in [0, 0.1) is 11.2 Å². The quantitative estimate of drug-likeness (QED) is 0.712. The molecule has 0 bridgehead atoms. The van der Waals surface area contributed by atoms with Gasteiger partial charge in [0.15, 0.2) is 0 Å². The van der Waals surface area contributed by atoms with E-state index in [9.17, 15) is 9.18 Å². The maximum Gasteiger partial charge on any atom is 0.337 e. The Hall–Kier alpha value is -1.62. The highest BCUT2D eigenvalue weighted by Gasteiger charge is 2.20. The zero-order valence-electron chi connectivity index (χ0n) is 11.2. The van der Waals surface area contributed by atoms with Gasteiger partial charge in [-0.3, -0.25) is 0 Å². The molecule has 0 radical (unpaired) electrons. The number of hydrogen-bond donors (Lipinski definition) is 3. The van der Waals surface area contributed by atoms with Crippen molar-refractivity contribution in [1.82, 2.24) is 0 Å². The molecule has 1 aromatic rings. The molecule has 5 heteroatoms. The van der Waals surface area contributed by atoms with E-state index in [1.54, 1.807) is 0 Å². The van der Waals surface area contributed by atoms with Crippen LogP contribution in [0.2, 0.25) is 0 Å². The van der Waals surface area contributed by atoms with Gasteiger partial charge in [0.2, 0.25) is 0 Å². The Morgan fingerprint density at radius 2 is 2.11 bits per heavy atom. The molecule has 1 rings (SSSR count). The van der Waals surface area contributed by atoms with Crippen molar-refractivity contribution in [2.45, 2.75) is 26.7 Å². The van der Waals surface area contributed by atoms with Gasteiger partial charge >= 0.3 is 5.97 Å². The predicted octanol–water partition coefficient (Wildman–Crippen LogP) is 2.73. The summed E-state index contributed by atoms with van der Waals surface area (Å²) in [7, 11) is 0. The highest BCUT2D eigenvalue weighted by Crippen LogP contribution is 2.26. The fraction of sp³-hybridized carbons (Fsp3) is 0.500. The Kier molecular flexibility index (Phi) is 5.30. The number of carbonyl (C=O) groups is 1. The molecule has 0 unspecified atom stereocenters. The number of aliphatic hydroxyl groups excluding tert-OH is 1. The molecular formula is C14H20FNO3. The molecule has 0 aliphatic rings. The number of benzene rings is 1. The van der Waals surface area contributed by atoms with Crippen LogP contribution in [0.1, 0.15) is 37.0 Å². The average Bonchev–Trinajstić information content (AvgIpc) is 2.34. The van der Waals surface area contributed by atoms with E-state index in [2.05, 4.69) is 5.32 Å². The first-order valence-electron chi connectivity index (χ1n) is 6.24. The minimum absolute atomic E-state index is 0.0204. The average molecular weight is 269 g/mol. The molecule has 0 spiro atoms. The maximum absolute atomic E-state index is 13.7. The van der Waals surface area contributed by atoms with Gasteiger partial charge in [-0.15, -0.1) is 0 Å². The standard InChI is InChI=1S/C14H20FNO3/c1-14(2,7-4-8-17)9-16-12-10(13(18)19)5-3-6-11(12)15/h3,5-6,16-17H,4,7-9H2,1-2H3,(H,18,19). The number of halogens is 1. The topological polar surface area (TPSA) is 69.6 Å². The third kappa shape index (κ3) is 4.52. The summed E-state index contributed by atoms with van der Waals surface area (Å²) in [6, 6.07) is 3.98. The van der Waals surface area contributed by atoms with E-state index in [1.165, 1.54) is 18.2 Å². The summed E-state index contributed by atoms with van der Waals surface area (Å²) in [5, 5.41) is 20.7. The second-order valence-corrected chi connectivity index (χ2v) is 5.31. The van der Waals surface area contributed by atoms with Gasteiger partial charge in [-0.1, -0.05) is 19.9 Å². The van der Waals surface area contributed by atoms with Gasteiger partial charge in [0.1, 0.15) is 5.82 Å². The number of aromatic carboxylic acids is 1. The van der Waals surface area contributed by atoms with E-state index in [4.69, 9.17) is 10.2 Å². The van der Waals surface area contributed by atoms with Crippen LogP contribution in [-0.2, 0) is 0 Å². The summed E-state index contributed by atoms with van der Waals surface area (Å²) >= 11 is 0. The smallest absolute Gasteiger partial charge is 0.337 e. The number of rotatable bonds is 7. The lowest BCUT2D eigenvalue weighted by atomic mass is 9.87. The van der Waals surface area contributed by atoms with Gasteiger partial charge in [-0.2, -0.15) is 0 Å². The van der Waals surface area contributed by atoms with Crippen molar-refractivity contribution < 1.29 is 19.4 Å². The summed E-state index contributed by atoms with van der Waals surface area (Å²) in [5.74, 6) is -1.73. The number of carboxylic acids is 1. The molecule has 0 saturated carbocycles. The van der Waals surface area contributed by atoms with Crippen molar-refractivity contribution in [3.8, 4) is 0 Å². The van der Waals surface area contributed by atoms with Crippen LogP contribution in [0.4, 0.5) is 10.1 Å². The fourth-order valence-corrected chi connectivity index (χ4v) is 1.86. The molecule has 0 aromatic heterocycles. The number of nitrogens with one attached hydrogen (secondary N) is 1. The molecule has 1 aromatic carbocycles. The zero-order chi connectivity index (χ0) is 14.5. The van der Waals surface area contributed by atoms with Gasteiger partial charge < -0.3 is 15.5 Å². The van der Waals surface area contributed by atoms with E-state index >= 15 is 0 Å². The van der Waals surface area contributed by atoms with Crippen LogP contribution < -0.4 is 5.32 Å². The number of aliphatic hydroxyl groups is 1. The van der Waals surface area contributed by atoms with Crippen molar-refractivity contribution in [3.05, 3.63) is 29.6 Å².